The van der Waals surface area contributed by atoms with Crippen LogP contribution in [0.3, 0.4) is 0 Å². The van der Waals surface area contributed by atoms with E-state index in [1.807, 2.05) is 12.3 Å². The van der Waals surface area contributed by atoms with Crippen LogP contribution in [-0.2, 0) is 4.74 Å². The molecule has 106 valence electrons. The molecule has 2 N–H and O–H groups in total. The molecule has 0 unspecified atom stereocenters. The lowest BCUT2D eigenvalue weighted by Gasteiger charge is -2.21. The highest BCUT2D eigenvalue weighted by atomic mass is 16.5. The molecule has 3 aromatic rings. The average Bonchev–Trinajstić information content (AvgIpc) is 2.98. The summed E-state index contributed by atoms with van der Waals surface area (Å²) < 4.78 is 7.08. The highest BCUT2D eigenvalue weighted by Crippen LogP contribution is 2.26. The van der Waals surface area contributed by atoms with Gasteiger partial charge in [0.1, 0.15) is 5.65 Å². The van der Waals surface area contributed by atoms with Crippen molar-refractivity contribution in [2.24, 2.45) is 5.92 Å². The summed E-state index contributed by atoms with van der Waals surface area (Å²) in [5.74, 6) is 0.286. The van der Waals surface area contributed by atoms with Gasteiger partial charge in [-0.05, 0) is 12.0 Å². The lowest BCUT2D eigenvalue weighted by atomic mass is 10.0. The molecule has 3 rings (SSSR count). The van der Waals surface area contributed by atoms with Gasteiger partial charge in [-0.2, -0.15) is 0 Å². The molecule has 0 aliphatic rings. The molecule has 6 heteroatoms. The third-order valence-corrected chi connectivity index (χ3v) is 3.70. The number of nitrogens with one attached hydrogen (secondary N) is 2. The Labute approximate surface area is 115 Å². The predicted octanol–water partition coefficient (Wildman–Crippen LogP) is 2.05. The Balaban J connectivity index is 2.35. The molecule has 0 aliphatic carbocycles. The van der Waals surface area contributed by atoms with Crippen LogP contribution >= 0.6 is 0 Å². The van der Waals surface area contributed by atoms with E-state index in [9.17, 15) is 4.79 Å². The molecule has 1 atom stereocenters. The molecule has 0 bridgehead atoms. The highest BCUT2D eigenvalue weighted by molar-refractivity contribution is 6.00. The van der Waals surface area contributed by atoms with Gasteiger partial charge in [0.15, 0.2) is 0 Å². The van der Waals surface area contributed by atoms with Crippen LogP contribution in [0.5, 0.6) is 0 Å². The summed E-state index contributed by atoms with van der Waals surface area (Å²) in [7, 11) is 1.66. The maximum atomic E-state index is 12.3. The molecule has 0 saturated heterocycles. The zero-order valence-electron chi connectivity index (χ0n) is 11.8. The molecular weight excluding hydrogens is 256 g/mol. The topological polar surface area (TPSA) is 75.7 Å². The Kier molecular flexibility index (Phi) is 3.10. The summed E-state index contributed by atoms with van der Waals surface area (Å²) in [6.07, 6.45) is 3.52. The molecule has 0 spiro atoms. The largest absolute Gasteiger partial charge is 0.383 e. The van der Waals surface area contributed by atoms with Crippen LogP contribution in [0, 0.1) is 5.92 Å². The van der Waals surface area contributed by atoms with Crippen LogP contribution in [0.25, 0.3) is 22.1 Å². The summed E-state index contributed by atoms with van der Waals surface area (Å²) in [6.45, 7) is 4.67. The number of nitrogens with zero attached hydrogens (tertiary/aromatic N) is 2. The first-order chi connectivity index (χ1) is 9.63. The Hall–Kier alpha value is -2.08. The molecule has 6 nitrogen and oxygen atoms in total. The first-order valence-electron chi connectivity index (χ1n) is 6.68. The number of methoxy groups -OCH3 is 1. The van der Waals surface area contributed by atoms with Gasteiger partial charge < -0.3 is 14.7 Å². The number of H-pyrrole nitrogens is 2. The van der Waals surface area contributed by atoms with Crippen molar-refractivity contribution in [1.29, 1.82) is 0 Å². The Morgan fingerprint density at radius 1 is 1.45 bits per heavy atom. The number of rotatable bonds is 4. The Morgan fingerprint density at radius 3 is 2.95 bits per heavy atom. The number of fused-ring (bicyclic) bond motifs is 3. The number of pyridine rings is 1. The van der Waals surface area contributed by atoms with Gasteiger partial charge in [-0.3, -0.25) is 4.57 Å². The number of imidazole rings is 1. The van der Waals surface area contributed by atoms with Gasteiger partial charge >= 0.3 is 5.69 Å². The van der Waals surface area contributed by atoms with Gasteiger partial charge in [-0.1, -0.05) is 13.8 Å². The number of hydrogen-bond acceptors (Lipinski definition) is 3. The van der Waals surface area contributed by atoms with E-state index >= 15 is 0 Å². The van der Waals surface area contributed by atoms with E-state index in [0.717, 1.165) is 22.1 Å². The van der Waals surface area contributed by atoms with Crippen LogP contribution in [0.4, 0.5) is 0 Å². The van der Waals surface area contributed by atoms with E-state index in [4.69, 9.17) is 4.74 Å². The quantitative estimate of drug-likeness (QED) is 0.764. The summed E-state index contributed by atoms with van der Waals surface area (Å²) >= 11 is 0. The zero-order valence-corrected chi connectivity index (χ0v) is 11.8. The maximum Gasteiger partial charge on any atom is 0.326 e. The fourth-order valence-electron chi connectivity index (χ4n) is 2.67. The van der Waals surface area contributed by atoms with Crippen molar-refractivity contribution in [3.63, 3.8) is 0 Å². The second-order valence-corrected chi connectivity index (χ2v) is 5.33. The van der Waals surface area contributed by atoms with Crippen molar-refractivity contribution < 1.29 is 4.74 Å². The van der Waals surface area contributed by atoms with Gasteiger partial charge in [0.25, 0.3) is 0 Å². The molecule has 0 saturated carbocycles. The normalized spacial score (nSPS) is 13.6. The molecule has 0 amide bonds. The molecule has 0 radical (unpaired) electrons. The van der Waals surface area contributed by atoms with Crippen molar-refractivity contribution in [3.8, 4) is 0 Å². The highest BCUT2D eigenvalue weighted by Gasteiger charge is 2.22. The van der Waals surface area contributed by atoms with E-state index in [2.05, 4.69) is 28.8 Å². The molecular formula is C14H18N4O2. The number of aromatic nitrogens is 4. The first-order valence-corrected chi connectivity index (χ1v) is 6.68. The fraction of sp³-hybridized carbons (Fsp3) is 0.429. The minimum atomic E-state index is -0.119. The number of ether oxygens (including phenoxy) is 1. The lowest BCUT2D eigenvalue weighted by Crippen LogP contribution is -2.29. The van der Waals surface area contributed by atoms with Crippen molar-refractivity contribution in [2.45, 2.75) is 19.9 Å². The SMILES string of the molecule is COC[C@H](C(C)C)n1c(=O)[nH]c2cnc3[nH]ccc3c21. The van der Waals surface area contributed by atoms with E-state index in [1.165, 1.54) is 0 Å². The van der Waals surface area contributed by atoms with Crippen LogP contribution in [0.15, 0.2) is 23.3 Å². The van der Waals surface area contributed by atoms with E-state index in [1.54, 1.807) is 17.9 Å². The Bertz CT molecular complexity index is 796. The molecule has 3 aromatic heterocycles. The second kappa shape index (κ2) is 4.79. The summed E-state index contributed by atoms with van der Waals surface area (Å²) in [5, 5.41) is 0.947. The van der Waals surface area contributed by atoms with E-state index in [-0.39, 0.29) is 17.6 Å². The van der Waals surface area contributed by atoms with Crippen molar-refractivity contribution in [3.05, 3.63) is 28.9 Å². The van der Waals surface area contributed by atoms with Crippen LogP contribution in [0.2, 0.25) is 0 Å². The van der Waals surface area contributed by atoms with Gasteiger partial charge in [-0.25, -0.2) is 9.78 Å². The molecule has 0 aromatic carbocycles. The lowest BCUT2D eigenvalue weighted by molar-refractivity contribution is 0.133. The summed E-state index contributed by atoms with van der Waals surface area (Å²) in [6, 6.07) is 1.93. The molecule has 20 heavy (non-hydrogen) atoms. The van der Waals surface area contributed by atoms with Gasteiger partial charge in [-0.15, -0.1) is 0 Å². The van der Waals surface area contributed by atoms with Crippen molar-refractivity contribution in [2.75, 3.05) is 13.7 Å². The summed E-state index contributed by atoms with van der Waals surface area (Å²) in [4.78, 5) is 22.6. The van der Waals surface area contributed by atoms with E-state index < -0.39 is 0 Å². The number of hydrogen-bond donors (Lipinski definition) is 2. The third-order valence-electron chi connectivity index (χ3n) is 3.70. The van der Waals surface area contributed by atoms with Gasteiger partial charge in [0.2, 0.25) is 0 Å². The molecule has 0 aliphatic heterocycles. The fourth-order valence-corrected chi connectivity index (χ4v) is 2.67. The van der Waals surface area contributed by atoms with Crippen LogP contribution in [0.1, 0.15) is 19.9 Å². The average molecular weight is 274 g/mol. The van der Waals surface area contributed by atoms with Gasteiger partial charge in [0, 0.05) is 18.7 Å². The van der Waals surface area contributed by atoms with Gasteiger partial charge in [0.05, 0.1) is 29.9 Å². The minimum absolute atomic E-state index is 0.0123. The zero-order chi connectivity index (χ0) is 14.3. The van der Waals surface area contributed by atoms with Crippen molar-refractivity contribution >= 4 is 22.1 Å². The number of aromatic amines is 2. The maximum absolute atomic E-state index is 12.3. The molecule has 3 heterocycles. The predicted molar refractivity (Wildman–Crippen MR) is 78.0 cm³/mol. The van der Waals surface area contributed by atoms with Crippen molar-refractivity contribution in [1.82, 2.24) is 19.5 Å². The third kappa shape index (κ3) is 1.84. The minimum Gasteiger partial charge on any atom is -0.383 e. The molecule has 0 fully saturated rings. The standard InChI is InChI=1S/C14H18N4O2/c1-8(2)11(7-20-3)18-12-9-4-5-15-13(9)16-6-10(12)17-14(18)19/h4-6,8,11H,7H2,1-3H3,(H,15,16)(H,17,19)/t11-/m1/s1. The first kappa shape index (κ1) is 12.9. The second-order valence-electron chi connectivity index (χ2n) is 5.33. The Morgan fingerprint density at radius 2 is 2.25 bits per heavy atom. The summed E-state index contributed by atoms with van der Waals surface area (Å²) in [5.41, 5.74) is 2.30. The van der Waals surface area contributed by atoms with Crippen LogP contribution < -0.4 is 5.69 Å². The van der Waals surface area contributed by atoms with E-state index in [0.29, 0.717) is 6.61 Å². The van der Waals surface area contributed by atoms with Crippen LogP contribution in [-0.4, -0.2) is 33.2 Å². The smallest absolute Gasteiger partial charge is 0.326 e. The monoisotopic (exact) mass is 274 g/mol.